The van der Waals surface area contributed by atoms with E-state index in [4.69, 9.17) is 8.54 Å². The molecule has 1 aliphatic rings. The van der Waals surface area contributed by atoms with Gasteiger partial charge in [-0.05, 0) is 35.1 Å². The highest BCUT2D eigenvalue weighted by molar-refractivity contribution is 6.25. The molecule has 0 atom stereocenters. The van der Waals surface area contributed by atoms with Crippen LogP contribution in [0, 0.1) is 0 Å². The molecule has 4 heteroatoms. The van der Waals surface area contributed by atoms with Gasteiger partial charge in [-0.25, -0.2) is 0 Å². The minimum Gasteiger partial charge on any atom is -0.629 e. The summed E-state index contributed by atoms with van der Waals surface area (Å²) in [4.78, 5) is 0. The van der Waals surface area contributed by atoms with Crippen LogP contribution in [0.1, 0.15) is 47.1 Å². The first kappa shape index (κ1) is 21.9. The average Bonchev–Trinajstić information content (AvgIpc) is 2.69. The van der Waals surface area contributed by atoms with Crippen molar-refractivity contribution in [2.45, 2.75) is 32.6 Å². The molecule has 1 radical (unpaired) electrons. The highest BCUT2D eigenvalue weighted by Gasteiger charge is 2.18. The zero-order chi connectivity index (χ0) is 20.6. The number of hydrogen-bond acceptors (Lipinski definition) is 2. The van der Waals surface area contributed by atoms with Gasteiger partial charge in [0.25, 0.3) is 5.78 Å². The Hall–Kier alpha value is -2.43. The molecule has 0 aromatic heterocycles. The largest absolute Gasteiger partial charge is 0.629 e. The summed E-state index contributed by atoms with van der Waals surface area (Å²) in [5.41, 5.74) is 4.84. The second-order valence-corrected chi connectivity index (χ2v) is 8.16. The Bertz CT molecular complexity index is 826. The molecular weight excluding hydrogens is 364 g/mol. The van der Waals surface area contributed by atoms with Crippen LogP contribution in [0.3, 0.4) is 0 Å². The van der Waals surface area contributed by atoms with Crippen molar-refractivity contribution in [2.24, 2.45) is 0 Å². The monoisotopic (exact) mass is 393 g/mol. The van der Waals surface area contributed by atoms with Crippen molar-refractivity contribution in [3.8, 4) is 0 Å². The van der Waals surface area contributed by atoms with Crippen LogP contribution in [0.4, 0.5) is 0 Å². The highest BCUT2D eigenvalue weighted by atomic mass is 28.2. The van der Waals surface area contributed by atoms with E-state index in [1.807, 2.05) is 12.2 Å². The molecule has 0 saturated heterocycles. The van der Waals surface area contributed by atoms with Crippen LogP contribution in [0.25, 0.3) is 5.76 Å². The minimum absolute atomic E-state index is 0.0242. The van der Waals surface area contributed by atoms with Crippen molar-refractivity contribution in [1.82, 2.24) is 0 Å². The third kappa shape index (κ3) is 6.04. The van der Waals surface area contributed by atoms with Crippen molar-refractivity contribution >= 4 is 21.5 Å². The molecular formula is C24H29O3Si. The van der Waals surface area contributed by atoms with Crippen molar-refractivity contribution in [1.29, 1.82) is 0 Å². The Morgan fingerprint density at radius 2 is 1.57 bits per heavy atom. The Morgan fingerprint density at radius 3 is 2.11 bits per heavy atom. The second kappa shape index (κ2) is 10.2. The number of allylic oxidation sites excluding steroid dienone is 2. The van der Waals surface area contributed by atoms with Crippen LogP contribution >= 0.6 is 0 Å². The molecule has 0 aliphatic carbocycles. The molecule has 3 rings (SSSR count). The number of rotatable bonds is 4. The predicted molar refractivity (Wildman–Crippen MR) is 118 cm³/mol. The van der Waals surface area contributed by atoms with E-state index in [9.17, 15) is 0 Å². The van der Waals surface area contributed by atoms with Crippen molar-refractivity contribution in [2.75, 3.05) is 14.2 Å². The van der Waals surface area contributed by atoms with Crippen molar-refractivity contribution < 1.29 is 13.3 Å². The normalized spacial score (nSPS) is 13.2. The molecule has 3 nitrogen and oxygen atoms in total. The van der Waals surface area contributed by atoms with Crippen LogP contribution in [0.5, 0.6) is 0 Å². The molecule has 0 unspecified atom stereocenters. The predicted octanol–water partition coefficient (Wildman–Crippen LogP) is 5.30. The van der Waals surface area contributed by atoms with Gasteiger partial charge in [0.05, 0.1) is 17.4 Å². The van der Waals surface area contributed by atoms with Crippen LogP contribution in [-0.4, -0.2) is 30.0 Å². The minimum atomic E-state index is -0.0242. The molecule has 2 aromatic rings. The molecule has 0 amide bonds. The van der Waals surface area contributed by atoms with E-state index in [1.54, 1.807) is 14.2 Å². The van der Waals surface area contributed by atoms with Gasteiger partial charge in [-0.3, -0.25) is 0 Å². The topological polar surface area (TPSA) is 29.8 Å². The summed E-state index contributed by atoms with van der Waals surface area (Å²) >= 11 is 0. The lowest BCUT2D eigenvalue weighted by atomic mass is 9.86. The summed E-state index contributed by atoms with van der Waals surface area (Å²) in [6, 6.07) is 17.0. The van der Waals surface area contributed by atoms with Gasteiger partial charge in [-0.2, -0.15) is 0 Å². The van der Waals surface area contributed by atoms with Crippen molar-refractivity contribution in [3.05, 3.63) is 89.5 Å². The van der Waals surface area contributed by atoms with Crippen LogP contribution in [-0.2, 0) is 21.0 Å². The number of carbonyl (C=O) groups excluding carboxylic acids is 1. The van der Waals surface area contributed by atoms with Gasteiger partial charge >= 0.3 is 10.0 Å². The Morgan fingerprint density at radius 1 is 1.00 bits per heavy atom. The lowest BCUT2D eigenvalue weighted by molar-refractivity contribution is -0.101. The van der Waals surface area contributed by atoms with E-state index >= 15 is 0 Å². The molecule has 28 heavy (non-hydrogen) atoms. The number of ether oxygens (including phenoxy) is 1. The zero-order valence-corrected chi connectivity index (χ0v) is 18.4. The highest BCUT2D eigenvalue weighted by Crippen LogP contribution is 2.24. The van der Waals surface area contributed by atoms with Gasteiger partial charge in [0.1, 0.15) is 0 Å². The van der Waals surface area contributed by atoms with E-state index in [2.05, 4.69) is 80.6 Å². The summed E-state index contributed by atoms with van der Waals surface area (Å²) < 4.78 is 15.7. The molecule has 2 aromatic carbocycles. The summed E-state index contributed by atoms with van der Waals surface area (Å²) in [5.74, 6) is 1.71. The van der Waals surface area contributed by atoms with E-state index in [0.29, 0.717) is 0 Å². The molecule has 1 aliphatic heterocycles. The smallest absolute Gasteiger partial charge is 0.424 e. The fraction of sp³-hybridized carbons (Fsp3) is 0.292. The molecule has 0 bridgehead atoms. The van der Waals surface area contributed by atoms with E-state index in [1.165, 1.54) is 11.1 Å². The maximum Gasteiger partial charge on any atom is 0.424 e. The summed E-state index contributed by atoms with van der Waals surface area (Å²) in [6.07, 6.45) is 4.77. The molecule has 0 saturated carbocycles. The lowest BCUT2D eigenvalue weighted by Gasteiger charge is -2.19. The first-order valence-corrected chi connectivity index (χ1v) is 10.1. The Balaban J connectivity index is 0.000000878. The third-order valence-electron chi connectivity index (χ3n) is 4.22. The molecule has 1 heterocycles. The van der Waals surface area contributed by atoms with E-state index < -0.39 is 0 Å². The van der Waals surface area contributed by atoms with Crippen LogP contribution in [0.2, 0.25) is 0 Å². The molecule has 0 N–H and O–H groups in total. The number of methoxy groups -OCH3 is 1. The SMILES string of the molecule is C=CCc1ccc(C2=CC(c3ccc(C(C)(C)C)cc3)=[O+][Si-]O2)cc1.COC. The number of benzene rings is 2. The van der Waals surface area contributed by atoms with E-state index in [-0.39, 0.29) is 15.4 Å². The maximum absolute atomic E-state index is 5.74. The lowest BCUT2D eigenvalue weighted by Crippen LogP contribution is -2.13. The van der Waals surface area contributed by atoms with Gasteiger partial charge in [0.15, 0.2) is 0 Å². The molecule has 147 valence electrons. The quantitative estimate of drug-likeness (QED) is 0.401. The van der Waals surface area contributed by atoms with Gasteiger partial charge in [-0.15, -0.1) is 6.58 Å². The first-order valence-electron chi connectivity index (χ1n) is 9.27. The van der Waals surface area contributed by atoms with Gasteiger partial charge in [-0.1, -0.05) is 63.2 Å². The first-order chi connectivity index (χ1) is 13.4. The van der Waals surface area contributed by atoms with Crippen molar-refractivity contribution in [3.63, 3.8) is 0 Å². The fourth-order valence-corrected chi connectivity index (χ4v) is 3.25. The second-order valence-electron chi connectivity index (χ2n) is 7.59. The number of ketones is 1. The summed E-state index contributed by atoms with van der Waals surface area (Å²) in [6.45, 7) is 10.4. The zero-order valence-electron chi connectivity index (χ0n) is 17.4. The average molecular weight is 394 g/mol. The van der Waals surface area contributed by atoms with E-state index in [0.717, 1.165) is 29.1 Å². The van der Waals surface area contributed by atoms with Crippen LogP contribution in [0.15, 0.2) is 67.3 Å². The van der Waals surface area contributed by atoms with Crippen LogP contribution < -0.4 is 0 Å². The summed E-state index contributed by atoms with van der Waals surface area (Å²) in [7, 11) is 3.23. The Labute approximate surface area is 171 Å². The standard InChI is InChI=1S/C22H23O2Si.C2H6O/c1-5-6-16-7-9-17(10-8-16)20-15-21(24-25-23-20)18-11-13-19(14-12-18)22(2,3)4;1-3-2/h5,7-15H,1,6H2,2-4H3;1-2H3. The maximum atomic E-state index is 5.74. The summed E-state index contributed by atoms with van der Waals surface area (Å²) in [5, 5.41) is 0. The fourth-order valence-electron chi connectivity index (χ4n) is 2.68. The Kier molecular flexibility index (Phi) is 7.97. The third-order valence-corrected chi connectivity index (χ3v) is 4.83. The molecule has 0 spiro atoms. The van der Waals surface area contributed by atoms with Gasteiger partial charge in [0, 0.05) is 19.8 Å². The number of hydrogen-bond donors (Lipinski definition) is 0. The molecule has 0 fully saturated rings. The van der Waals surface area contributed by atoms with Gasteiger partial charge in [0.2, 0.25) is 0 Å². The van der Waals surface area contributed by atoms with Gasteiger partial charge < -0.3 is 13.3 Å².